The van der Waals surface area contributed by atoms with Crippen LogP contribution in [0.1, 0.15) is 26.7 Å². The van der Waals surface area contributed by atoms with E-state index in [2.05, 4.69) is 19.9 Å². The second-order valence-electron chi connectivity index (χ2n) is 4.02. The van der Waals surface area contributed by atoms with Gasteiger partial charge in [-0.2, -0.15) is 0 Å². The molecule has 0 spiro atoms. The quantitative estimate of drug-likeness (QED) is 0.561. The Morgan fingerprint density at radius 1 is 1.67 bits per heavy atom. The molecule has 66 valence electrons. The molecule has 0 aromatic carbocycles. The molecule has 0 radical (unpaired) electrons. The predicted molar refractivity (Wildman–Crippen MR) is 48.6 cm³/mol. The molecule has 0 saturated heterocycles. The van der Waals surface area contributed by atoms with E-state index in [1.165, 1.54) is 5.57 Å². The molecule has 0 amide bonds. The molecule has 3 unspecified atom stereocenters. The van der Waals surface area contributed by atoms with E-state index >= 15 is 0 Å². The van der Waals surface area contributed by atoms with Crippen LogP contribution in [0, 0.1) is 11.8 Å². The zero-order valence-electron chi connectivity index (χ0n) is 7.68. The predicted octanol–water partition coefficient (Wildman–Crippen LogP) is 3.26. The summed E-state index contributed by atoms with van der Waals surface area (Å²) >= 11 is 0. The molecular formula is C11H15F. The van der Waals surface area contributed by atoms with Gasteiger partial charge in [0.2, 0.25) is 0 Å². The number of hydrogen-bond acceptors (Lipinski definition) is 0. The number of fused-ring (bicyclic) bond motifs is 1. The average molecular weight is 166 g/mol. The first kappa shape index (κ1) is 8.03. The maximum Gasteiger partial charge on any atom is 0.133 e. The van der Waals surface area contributed by atoms with Gasteiger partial charge in [-0.3, -0.25) is 0 Å². The Morgan fingerprint density at radius 3 is 3.08 bits per heavy atom. The van der Waals surface area contributed by atoms with Crippen LogP contribution in [0.15, 0.2) is 23.8 Å². The first-order chi connectivity index (χ1) is 5.67. The van der Waals surface area contributed by atoms with Gasteiger partial charge in [0.1, 0.15) is 5.67 Å². The summed E-state index contributed by atoms with van der Waals surface area (Å²) in [4.78, 5) is 0. The largest absolute Gasteiger partial charge is 0.239 e. The molecule has 0 aliphatic heterocycles. The summed E-state index contributed by atoms with van der Waals surface area (Å²) in [7, 11) is 0. The van der Waals surface area contributed by atoms with Crippen molar-refractivity contribution in [1.82, 2.24) is 0 Å². The Balaban J connectivity index is 2.25. The van der Waals surface area contributed by atoms with Crippen LogP contribution < -0.4 is 0 Å². The van der Waals surface area contributed by atoms with Gasteiger partial charge in [-0.25, -0.2) is 4.39 Å². The highest BCUT2D eigenvalue weighted by Crippen LogP contribution is 2.56. The molecule has 1 saturated carbocycles. The third-order valence-corrected chi connectivity index (χ3v) is 3.23. The topological polar surface area (TPSA) is 0 Å². The Kier molecular flexibility index (Phi) is 1.64. The van der Waals surface area contributed by atoms with Crippen LogP contribution in [0.3, 0.4) is 0 Å². The summed E-state index contributed by atoms with van der Waals surface area (Å²) < 4.78 is 13.7. The highest BCUT2D eigenvalue weighted by Gasteiger charge is 2.57. The number of hydrogen-bond donors (Lipinski definition) is 0. The summed E-state index contributed by atoms with van der Waals surface area (Å²) in [6.45, 7) is 4.26. The summed E-state index contributed by atoms with van der Waals surface area (Å²) in [6, 6.07) is 0. The second-order valence-corrected chi connectivity index (χ2v) is 4.02. The lowest BCUT2D eigenvalue weighted by Crippen LogP contribution is -2.09. The molecule has 0 bridgehead atoms. The Bertz CT molecular complexity index is 252. The van der Waals surface area contributed by atoms with Crippen molar-refractivity contribution in [1.29, 1.82) is 0 Å². The first-order valence-corrected chi connectivity index (χ1v) is 4.72. The lowest BCUT2D eigenvalue weighted by molar-refractivity contribution is 0.317. The maximum atomic E-state index is 13.7. The standard InChI is InChI=1S/C11H15F/c1-3-9-8(2)5-4-6-11(12)7-10(9)11/h4-6,9-10H,3,7H2,1-2H3. The normalized spacial score (nSPS) is 44.8. The summed E-state index contributed by atoms with van der Waals surface area (Å²) in [5, 5.41) is 0. The lowest BCUT2D eigenvalue weighted by Gasteiger charge is -2.14. The van der Waals surface area contributed by atoms with Crippen molar-refractivity contribution in [3.05, 3.63) is 23.8 Å². The number of halogens is 1. The van der Waals surface area contributed by atoms with Crippen LogP contribution >= 0.6 is 0 Å². The molecule has 2 rings (SSSR count). The zero-order chi connectivity index (χ0) is 8.77. The number of allylic oxidation sites excluding steroid dienone is 4. The third-order valence-electron chi connectivity index (χ3n) is 3.23. The van der Waals surface area contributed by atoms with Gasteiger partial charge in [-0.05, 0) is 31.8 Å². The van der Waals surface area contributed by atoms with Gasteiger partial charge in [-0.15, -0.1) is 0 Å². The molecule has 0 nitrogen and oxygen atoms in total. The molecule has 0 N–H and O–H groups in total. The molecule has 0 heterocycles. The van der Waals surface area contributed by atoms with Crippen molar-refractivity contribution in [2.45, 2.75) is 32.4 Å². The van der Waals surface area contributed by atoms with Gasteiger partial charge < -0.3 is 0 Å². The molecular weight excluding hydrogens is 151 g/mol. The fraction of sp³-hybridized carbons (Fsp3) is 0.636. The molecule has 2 aliphatic carbocycles. The zero-order valence-corrected chi connectivity index (χ0v) is 7.68. The number of alkyl halides is 1. The minimum atomic E-state index is -0.949. The van der Waals surface area contributed by atoms with Crippen LogP contribution in [0.4, 0.5) is 4.39 Å². The van der Waals surface area contributed by atoms with Gasteiger partial charge >= 0.3 is 0 Å². The first-order valence-electron chi connectivity index (χ1n) is 4.72. The van der Waals surface area contributed by atoms with Crippen LogP contribution in [0.5, 0.6) is 0 Å². The van der Waals surface area contributed by atoms with Crippen molar-refractivity contribution in [3.63, 3.8) is 0 Å². The van der Waals surface area contributed by atoms with Crippen LogP contribution in [-0.2, 0) is 0 Å². The second kappa shape index (κ2) is 2.45. The lowest BCUT2D eigenvalue weighted by atomic mass is 9.92. The van der Waals surface area contributed by atoms with Crippen LogP contribution in [0.25, 0.3) is 0 Å². The van der Waals surface area contributed by atoms with Gasteiger partial charge in [0, 0.05) is 5.92 Å². The fourth-order valence-corrected chi connectivity index (χ4v) is 2.35. The average Bonchev–Trinajstić information content (AvgIpc) is 2.64. The van der Waals surface area contributed by atoms with Crippen molar-refractivity contribution >= 4 is 0 Å². The number of rotatable bonds is 1. The smallest absolute Gasteiger partial charge is 0.133 e. The molecule has 12 heavy (non-hydrogen) atoms. The van der Waals surface area contributed by atoms with E-state index < -0.39 is 5.67 Å². The van der Waals surface area contributed by atoms with Crippen molar-refractivity contribution in [2.24, 2.45) is 11.8 Å². The highest BCUT2D eigenvalue weighted by atomic mass is 19.1. The molecule has 3 atom stereocenters. The van der Waals surface area contributed by atoms with E-state index in [1.807, 2.05) is 6.08 Å². The summed E-state index contributed by atoms with van der Waals surface area (Å²) in [6.07, 6.45) is 7.48. The van der Waals surface area contributed by atoms with Crippen molar-refractivity contribution in [3.8, 4) is 0 Å². The van der Waals surface area contributed by atoms with E-state index in [4.69, 9.17) is 0 Å². The molecule has 1 fully saturated rings. The molecule has 0 aromatic rings. The van der Waals surface area contributed by atoms with Crippen molar-refractivity contribution in [2.75, 3.05) is 0 Å². The highest BCUT2D eigenvalue weighted by molar-refractivity contribution is 5.31. The van der Waals surface area contributed by atoms with Gasteiger partial charge in [-0.1, -0.05) is 24.6 Å². The fourth-order valence-electron chi connectivity index (χ4n) is 2.35. The minimum Gasteiger partial charge on any atom is -0.239 e. The van der Waals surface area contributed by atoms with E-state index in [0.29, 0.717) is 5.92 Å². The Hall–Kier alpha value is -0.590. The Morgan fingerprint density at radius 2 is 2.42 bits per heavy atom. The monoisotopic (exact) mass is 166 g/mol. The summed E-state index contributed by atoms with van der Waals surface area (Å²) in [5.74, 6) is 0.752. The van der Waals surface area contributed by atoms with Crippen LogP contribution in [0.2, 0.25) is 0 Å². The molecule has 0 aromatic heterocycles. The van der Waals surface area contributed by atoms with Crippen LogP contribution in [-0.4, -0.2) is 5.67 Å². The van der Waals surface area contributed by atoms with E-state index in [9.17, 15) is 4.39 Å². The Labute approximate surface area is 73.2 Å². The van der Waals surface area contributed by atoms with E-state index in [1.54, 1.807) is 6.08 Å². The SMILES string of the molecule is CCC1C(C)=CC=CC2(F)CC12. The van der Waals surface area contributed by atoms with Gasteiger partial charge in [0.15, 0.2) is 0 Å². The van der Waals surface area contributed by atoms with Crippen molar-refractivity contribution < 1.29 is 4.39 Å². The minimum absolute atomic E-state index is 0.275. The molecule has 2 aliphatic rings. The third kappa shape index (κ3) is 1.03. The van der Waals surface area contributed by atoms with Gasteiger partial charge in [0.05, 0.1) is 0 Å². The summed E-state index contributed by atoms with van der Waals surface area (Å²) in [5.41, 5.74) is 0.394. The maximum absolute atomic E-state index is 13.7. The molecule has 1 heteroatoms. The van der Waals surface area contributed by atoms with E-state index in [-0.39, 0.29) is 5.92 Å². The van der Waals surface area contributed by atoms with Gasteiger partial charge in [0.25, 0.3) is 0 Å². The van der Waals surface area contributed by atoms with E-state index in [0.717, 1.165) is 12.8 Å².